The minimum absolute atomic E-state index is 0.317. The number of nitrogens with two attached hydrogens (primary N) is 1. The second-order valence-electron chi connectivity index (χ2n) is 4.16. The van der Waals surface area contributed by atoms with E-state index in [4.69, 9.17) is 18.0 Å². The van der Waals surface area contributed by atoms with Gasteiger partial charge in [-0.3, -0.25) is 0 Å². The van der Waals surface area contributed by atoms with E-state index in [2.05, 4.69) is 21.2 Å². The van der Waals surface area contributed by atoms with Crippen LogP contribution < -0.4 is 11.1 Å². The summed E-state index contributed by atoms with van der Waals surface area (Å²) in [6.45, 7) is 0.377. The molecule has 0 atom stereocenters. The van der Waals surface area contributed by atoms with Gasteiger partial charge in [0.1, 0.15) is 4.99 Å². The van der Waals surface area contributed by atoms with Crippen molar-refractivity contribution >= 4 is 38.8 Å². The second kappa shape index (κ2) is 6.28. The average Bonchev–Trinajstić information content (AvgIpc) is 2.41. The molecule has 3 N–H and O–H groups in total. The number of halogens is 3. The van der Waals surface area contributed by atoms with Gasteiger partial charge in [-0.25, -0.2) is 8.78 Å². The van der Waals surface area contributed by atoms with Crippen molar-refractivity contribution in [3.8, 4) is 0 Å². The van der Waals surface area contributed by atoms with E-state index in [1.165, 1.54) is 12.1 Å². The Bertz CT molecular complexity index is 662. The van der Waals surface area contributed by atoms with Crippen LogP contribution in [0, 0.1) is 11.6 Å². The van der Waals surface area contributed by atoms with Crippen molar-refractivity contribution in [2.75, 3.05) is 5.32 Å². The average molecular weight is 357 g/mol. The molecule has 0 aromatic heterocycles. The normalized spacial score (nSPS) is 10.3. The third-order valence-electron chi connectivity index (χ3n) is 2.72. The van der Waals surface area contributed by atoms with Crippen molar-refractivity contribution in [2.45, 2.75) is 6.54 Å². The zero-order valence-corrected chi connectivity index (χ0v) is 12.7. The number of hydrogen-bond donors (Lipinski definition) is 2. The molecule has 2 rings (SSSR count). The van der Waals surface area contributed by atoms with Crippen LogP contribution in [0.2, 0.25) is 0 Å². The van der Waals surface area contributed by atoms with Gasteiger partial charge in [0, 0.05) is 22.3 Å². The molecule has 0 saturated heterocycles. The third kappa shape index (κ3) is 3.52. The molecule has 0 aliphatic rings. The van der Waals surface area contributed by atoms with Crippen LogP contribution in [-0.4, -0.2) is 4.99 Å². The van der Waals surface area contributed by atoms with E-state index in [0.717, 1.165) is 21.8 Å². The van der Waals surface area contributed by atoms with Crippen molar-refractivity contribution in [2.24, 2.45) is 5.73 Å². The number of thiocarbonyl (C=S) groups is 1. The monoisotopic (exact) mass is 356 g/mol. The van der Waals surface area contributed by atoms with Gasteiger partial charge in [0.05, 0.1) is 0 Å². The lowest BCUT2D eigenvalue weighted by Gasteiger charge is -2.10. The molecule has 6 heteroatoms. The minimum Gasteiger partial charge on any atom is -0.389 e. The Balaban J connectivity index is 2.10. The summed E-state index contributed by atoms with van der Waals surface area (Å²) in [6, 6.07) is 9.22. The molecule has 0 bridgehead atoms. The molecule has 0 unspecified atom stereocenters. The fourth-order valence-electron chi connectivity index (χ4n) is 1.66. The van der Waals surface area contributed by atoms with E-state index in [1.807, 2.05) is 6.07 Å². The molecule has 2 aromatic carbocycles. The first-order valence-electron chi connectivity index (χ1n) is 5.74. The minimum atomic E-state index is -0.854. The van der Waals surface area contributed by atoms with Crippen LogP contribution in [0.1, 0.15) is 11.1 Å². The predicted molar refractivity (Wildman–Crippen MR) is 83.7 cm³/mol. The van der Waals surface area contributed by atoms with Gasteiger partial charge in [-0.1, -0.05) is 18.3 Å². The van der Waals surface area contributed by atoms with Gasteiger partial charge < -0.3 is 11.1 Å². The maximum Gasteiger partial charge on any atom is 0.159 e. The molecule has 0 saturated carbocycles. The lowest BCUT2D eigenvalue weighted by molar-refractivity contribution is 0.507. The van der Waals surface area contributed by atoms with Gasteiger partial charge in [0.15, 0.2) is 11.6 Å². The molecule has 2 aromatic rings. The highest BCUT2D eigenvalue weighted by Gasteiger charge is 2.05. The maximum atomic E-state index is 13.1. The molecule has 0 aliphatic heterocycles. The van der Waals surface area contributed by atoms with Crippen molar-refractivity contribution in [3.05, 3.63) is 63.6 Å². The zero-order valence-electron chi connectivity index (χ0n) is 10.3. The van der Waals surface area contributed by atoms with E-state index in [-0.39, 0.29) is 0 Å². The highest BCUT2D eigenvalue weighted by atomic mass is 79.9. The number of benzene rings is 2. The Morgan fingerprint density at radius 3 is 2.50 bits per heavy atom. The topological polar surface area (TPSA) is 38.0 Å². The number of nitrogens with one attached hydrogen (secondary N) is 1. The lowest BCUT2D eigenvalue weighted by Crippen LogP contribution is -2.09. The Morgan fingerprint density at radius 1 is 1.15 bits per heavy atom. The Labute approximate surface area is 129 Å². The van der Waals surface area contributed by atoms with Gasteiger partial charge in [0.25, 0.3) is 0 Å². The summed E-state index contributed by atoms with van der Waals surface area (Å²) in [4.78, 5) is 0.317. The molecule has 0 aliphatic carbocycles. The van der Waals surface area contributed by atoms with E-state index < -0.39 is 11.6 Å². The lowest BCUT2D eigenvalue weighted by atomic mass is 10.2. The Kier molecular flexibility index (Phi) is 4.67. The van der Waals surface area contributed by atoms with Crippen molar-refractivity contribution in [1.82, 2.24) is 0 Å². The van der Waals surface area contributed by atoms with Gasteiger partial charge in [0.2, 0.25) is 0 Å². The number of anilines is 1. The van der Waals surface area contributed by atoms with E-state index in [9.17, 15) is 8.78 Å². The SMILES string of the molecule is NC(=S)c1ccc(NCc2ccc(F)c(F)c2)c(Br)c1. The number of hydrogen-bond acceptors (Lipinski definition) is 2. The predicted octanol–water partition coefficient (Wildman–Crippen LogP) is 3.97. The molecule has 2 nitrogen and oxygen atoms in total. The molecular weight excluding hydrogens is 346 g/mol. The van der Waals surface area contributed by atoms with Crippen LogP contribution in [0.3, 0.4) is 0 Å². The summed E-state index contributed by atoms with van der Waals surface area (Å²) in [5.41, 5.74) is 7.76. The zero-order chi connectivity index (χ0) is 14.7. The first-order chi connectivity index (χ1) is 9.47. The van der Waals surface area contributed by atoms with Gasteiger partial charge in [-0.15, -0.1) is 0 Å². The highest BCUT2D eigenvalue weighted by Crippen LogP contribution is 2.24. The molecule has 20 heavy (non-hydrogen) atoms. The molecule has 104 valence electrons. The highest BCUT2D eigenvalue weighted by molar-refractivity contribution is 9.10. The van der Waals surface area contributed by atoms with Crippen LogP contribution in [-0.2, 0) is 6.54 Å². The molecule has 0 heterocycles. The summed E-state index contributed by atoms with van der Waals surface area (Å²) in [7, 11) is 0. The van der Waals surface area contributed by atoms with Crippen LogP contribution in [0.5, 0.6) is 0 Å². The van der Waals surface area contributed by atoms with Crippen molar-refractivity contribution < 1.29 is 8.78 Å². The standard InChI is InChI=1S/C14H11BrF2N2S/c15-10-6-9(14(18)20)2-4-13(10)19-7-8-1-3-11(16)12(17)5-8/h1-6,19H,7H2,(H2,18,20). The molecule has 0 fully saturated rings. The molecular formula is C14H11BrF2N2S. The Hall–Kier alpha value is -1.53. The molecule has 0 amide bonds. The van der Waals surface area contributed by atoms with Crippen molar-refractivity contribution in [1.29, 1.82) is 0 Å². The van der Waals surface area contributed by atoms with Gasteiger partial charge in [-0.2, -0.15) is 0 Å². The summed E-state index contributed by atoms with van der Waals surface area (Å²) in [5.74, 6) is -1.71. The van der Waals surface area contributed by atoms with Crippen LogP contribution in [0.4, 0.5) is 14.5 Å². The number of rotatable bonds is 4. The first-order valence-corrected chi connectivity index (χ1v) is 6.94. The second-order valence-corrected chi connectivity index (χ2v) is 5.46. The molecule has 0 spiro atoms. The summed E-state index contributed by atoms with van der Waals surface area (Å²) >= 11 is 8.30. The summed E-state index contributed by atoms with van der Waals surface area (Å²) < 4.78 is 26.7. The third-order valence-corrected chi connectivity index (χ3v) is 3.61. The van der Waals surface area contributed by atoms with Crippen LogP contribution >= 0.6 is 28.1 Å². The van der Waals surface area contributed by atoms with Gasteiger partial charge in [-0.05, 0) is 51.8 Å². The van der Waals surface area contributed by atoms with E-state index in [0.29, 0.717) is 17.1 Å². The fraction of sp³-hybridized carbons (Fsp3) is 0.0714. The summed E-state index contributed by atoms with van der Waals surface area (Å²) in [5, 5.41) is 3.12. The van der Waals surface area contributed by atoms with Gasteiger partial charge >= 0.3 is 0 Å². The summed E-state index contributed by atoms with van der Waals surface area (Å²) in [6.07, 6.45) is 0. The maximum absolute atomic E-state index is 13.1. The fourth-order valence-corrected chi connectivity index (χ4v) is 2.30. The van der Waals surface area contributed by atoms with E-state index in [1.54, 1.807) is 12.1 Å². The van der Waals surface area contributed by atoms with Crippen LogP contribution in [0.25, 0.3) is 0 Å². The Morgan fingerprint density at radius 2 is 1.90 bits per heavy atom. The van der Waals surface area contributed by atoms with Crippen molar-refractivity contribution in [3.63, 3.8) is 0 Å². The van der Waals surface area contributed by atoms with E-state index >= 15 is 0 Å². The quantitative estimate of drug-likeness (QED) is 0.814. The smallest absolute Gasteiger partial charge is 0.159 e. The first kappa shape index (κ1) is 14.9. The molecule has 0 radical (unpaired) electrons. The van der Waals surface area contributed by atoms with Crippen LogP contribution in [0.15, 0.2) is 40.9 Å². The largest absolute Gasteiger partial charge is 0.389 e.